The van der Waals surface area contributed by atoms with Crippen LogP contribution < -0.4 is 10.6 Å². The molecule has 2 N–H and O–H groups in total. The summed E-state index contributed by atoms with van der Waals surface area (Å²) in [6.45, 7) is 1.56. The topological polar surface area (TPSA) is 84.5 Å². The van der Waals surface area contributed by atoms with Crippen LogP contribution in [0.5, 0.6) is 0 Å². The van der Waals surface area contributed by atoms with Crippen LogP contribution in [0.15, 0.2) is 53.4 Å². The summed E-state index contributed by atoms with van der Waals surface area (Å²) in [5, 5.41) is 5.24. The van der Waals surface area contributed by atoms with Gasteiger partial charge >= 0.3 is 5.97 Å². The molecule has 0 unspecified atom stereocenters. The van der Waals surface area contributed by atoms with Crippen LogP contribution in [-0.2, 0) is 25.5 Å². The number of para-hydroxylation sites is 1. The lowest BCUT2D eigenvalue weighted by Crippen LogP contribution is -2.40. The van der Waals surface area contributed by atoms with Gasteiger partial charge in [-0.1, -0.05) is 36.4 Å². The van der Waals surface area contributed by atoms with Crippen molar-refractivity contribution in [3.8, 4) is 0 Å². The highest BCUT2D eigenvalue weighted by Gasteiger charge is 2.31. The largest absolute Gasteiger partial charge is 0.453 e. The van der Waals surface area contributed by atoms with Crippen LogP contribution in [0.3, 0.4) is 0 Å². The number of rotatable bonds is 5. The van der Waals surface area contributed by atoms with Crippen molar-refractivity contribution in [3.63, 3.8) is 0 Å². The Morgan fingerprint density at radius 1 is 1.20 bits per heavy atom. The molecular formula is C23H24N2O4S. The SMILES string of the molecule is C[C@H](OC(=O)C[C@H]1Sc2ccccc2NC1=O)C(=O)N[C@H]1CCCc2ccccc21. The number of hydrogen-bond acceptors (Lipinski definition) is 5. The van der Waals surface area contributed by atoms with Crippen LogP contribution in [0.1, 0.15) is 43.4 Å². The molecule has 0 aromatic heterocycles. The lowest BCUT2D eigenvalue weighted by atomic mass is 9.87. The summed E-state index contributed by atoms with van der Waals surface area (Å²) >= 11 is 1.34. The predicted molar refractivity (Wildman–Crippen MR) is 115 cm³/mol. The van der Waals surface area contributed by atoms with E-state index in [-0.39, 0.29) is 24.3 Å². The van der Waals surface area contributed by atoms with Crippen molar-refractivity contribution in [1.29, 1.82) is 0 Å². The van der Waals surface area contributed by atoms with Gasteiger partial charge in [-0.3, -0.25) is 14.4 Å². The number of fused-ring (bicyclic) bond motifs is 2. The van der Waals surface area contributed by atoms with E-state index in [1.807, 2.05) is 42.5 Å². The smallest absolute Gasteiger partial charge is 0.308 e. The van der Waals surface area contributed by atoms with Crippen LogP contribution in [0.25, 0.3) is 0 Å². The number of carbonyl (C=O) groups is 3. The third kappa shape index (κ3) is 4.51. The van der Waals surface area contributed by atoms with Crippen molar-refractivity contribution < 1.29 is 19.1 Å². The monoisotopic (exact) mass is 424 g/mol. The van der Waals surface area contributed by atoms with E-state index in [9.17, 15) is 14.4 Å². The third-order valence-electron chi connectivity index (χ3n) is 5.42. The standard InChI is InChI=1S/C23H24N2O4S/c1-14(22(27)24-17-11-6-8-15-7-2-3-9-16(15)17)29-21(26)13-20-23(28)25-18-10-4-5-12-19(18)30-20/h2-5,7,9-10,12,14,17,20H,6,8,11,13H2,1H3,(H,24,27)(H,25,28)/t14-,17-,20+/m0/s1. The molecule has 4 rings (SSSR count). The maximum Gasteiger partial charge on any atom is 0.308 e. The van der Waals surface area contributed by atoms with Gasteiger partial charge in [-0.15, -0.1) is 11.8 Å². The molecule has 1 heterocycles. The van der Waals surface area contributed by atoms with Crippen molar-refractivity contribution in [3.05, 3.63) is 59.7 Å². The number of carbonyl (C=O) groups excluding carboxylic acids is 3. The van der Waals surface area contributed by atoms with Gasteiger partial charge in [-0.05, 0) is 49.4 Å². The molecule has 0 radical (unpaired) electrons. The van der Waals surface area contributed by atoms with Gasteiger partial charge in [0.25, 0.3) is 5.91 Å². The summed E-state index contributed by atoms with van der Waals surface area (Å²) < 4.78 is 5.34. The summed E-state index contributed by atoms with van der Waals surface area (Å²) in [5.74, 6) is -1.11. The Morgan fingerprint density at radius 2 is 1.97 bits per heavy atom. The Hall–Kier alpha value is -2.80. The summed E-state index contributed by atoms with van der Waals surface area (Å²) in [5.41, 5.74) is 3.13. The Kier molecular flexibility index (Phi) is 6.08. The van der Waals surface area contributed by atoms with Crippen LogP contribution in [0, 0.1) is 0 Å². The molecule has 0 bridgehead atoms. The molecule has 2 aromatic rings. The fourth-order valence-electron chi connectivity index (χ4n) is 3.87. The first-order valence-corrected chi connectivity index (χ1v) is 11.0. The van der Waals surface area contributed by atoms with Crippen molar-refractivity contribution >= 4 is 35.2 Å². The number of ether oxygens (including phenoxy) is 1. The summed E-state index contributed by atoms with van der Waals surface area (Å²) in [6.07, 6.45) is 1.87. The second kappa shape index (κ2) is 8.92. The number of hydrogen-bond donors (Lipinski definition) is 2. The Balaban J connectivity index is 1.32. The number of benzene rings is 2. The van der Waals surface area contributed by atoms with Crippen LogP contribution >= 0.6 is 11.8 Å². The minimum atomic E-state index is -0.921. The Labute approximate surface area is 179 Å². The zero-order chi connectivity index (χ0) is 21.1. The number of amides is 2. The van der Waals surface area contributed by atoms with Gasteiger partial charge in [0, 0.05) is 4.90 Å². The predicted octanol–water partition coefficient (Wildman–Crippen LogP) is 3.62. The van der Waals surface area contributed by atoms with Crippen molar-refractivity contribution in [2.75, 3.05) is 5.32 Å². The number of aryl methyl sites for hydroxylation is 1. The first-order chi connectivity index (χ1) is 14.5. The minimum absolute atomic E-state index is 0.0696. The van der Waals surface area contributed by atoms with Gasteiger partial charge in [0.15, 0.2) is 6.10 Å². The molecule has 2 aromatic carbocycles. The molecule has 0 saturated heterocycles. The minimum Gasteiger partial charge on any atom is -0.453 e. The van der Waals surface area contributed by atoms with E-state index >= 15 is 0 Å². The van der Waals surface area contributed by atoms with Crippen LogP contribution in [0.4, 0.5) is 5.69 Å². The fourth-order valence-corrected chi connectivity index (χ4v) is 4.97. The molecule has 2 aliphatic rings. The lowest BCUT2D eigenvalue weighted by Gasteiger charge is -2.27. The van der Waals surface area contributed by atoms with E-state index in [0.717, 1.165) is 35.4 Å². The highest BCUT2D eigenvalue weighted by molar-refractivity contribution is 8.01. The van der Waals surface area contributed by atoms with Crippen LogP contribution in [-0.4, -0.2) is 29.1 Å². The molecule has 7 heteroatoms. The van der Waals surface area contributed by atoms with Gasteiger partial charge in [-0.2, -0.15) is 0 Å². The average Bonchev–Trinajstić information content (AvgIpc) is 2.74. The zero-order valence-electron chi connectivity index (χ0n) is 16.7. The maximum atomic E-state index is 12.6. The summed E-state index contributed by atoms with van der Waals surface area (Å²) in [4.78, 5) is 38.2. The van der Waals surface area contributed by atoms with Gasteiger partial charge < -0.3 is 15.4 Å². The van der Waals surface area contributed by atoms with Crippen LogP contribution in [0.2, 0.25) is 0 Å². The second-order valence-electron chi connectivity index (χ2n) is 7.58. The molecule has 156 valence electrons. The molecule has 0 spiro atoms. The van der Waals surface area contributed by atoms with Gasteiger partial charge in [0.2, 0.25) is 5.91 Å². The third-order valence-corrected chi connectivity index (χ3v) is 6.70. The molecular weight excluding hydrogens is 400 g/mol. The van der Waals surface area contributed by atoms with Crippen molar-refractivity contribution in [2.24, 2.45) is 0 Å². The summed E-state index contributed by atoms with van der Waals surface area (Å²) in [6, 6.07) is 15.5. The molecule has 6 nitrogen and oxygen atoms in total. The van der Waals surface area contributed by atoms with Crippen molar-refractivity contribution in [2.45, 2.75) is 54.9 Å². The Morgan fingerprint density at radius 3 is 2.83 bits per heavy atom. The molecule has 2 amide bonds. The van der Waals surface area contributed by atoms with E-state index in [2.05, 4.69) is 16.7 Å². The quantitative estimate of drug-likeness (QED) is 0.717. The van der Waals surface area contributed by atoms with E-state index in [4.69, 9.17) is 4.74 Å². The van der Waals surface area contributed by atoms with Gasteiger partial charge in [0.05, 0.1) is 23.4 Å². The number of anilines is 1. The van der Waals surface area contributed by atoms with E-state index in [1.54, 1.807) is 6.92 Å². The first-order valence-electron chi connectivity index (χ1n) is 10.2. The van der Waals surface area contributed by atoms with Gasteiger partial charge in [0.1, 0.15) is 0 Å². The lowest BCUT2D eigenvalue weighted by molar-refractivity contribution is -0.155. The number of thioether (sulfide) groups is 1. The van der Waals surface area contributed by atoms with Gasteiger partial charge in [-0.25, -0.2) is 0 Å². The highest BCUT2D eigenvalue weighted by Crippen LogP contribution is 2.36. The maximum absolute atomic E-state index is 12.6. The van der Waals surface area contributed by atoms with E-state index < -0.39 is 17.3 Å². The second-order valence-corrected chi connectivity index (χ2v) is 8.82. The molecule has 1 aliphatic carbocycles. The number of esters is 1. The molecule has 0 fully saturated rings. The molecule has 30 heavy (non-hydrogen) atoms. The molecule has 1 aliphatic heterocycles. The summed E-state index contributed by atoms with van der Waals surface area (Å²) in [7, 11) is 0. The number of nitrogens with one attached hydrogen (secondary N) is 2. The normalized spacial score (nSPS) is 20.9. The Bertz CT molecular complexity index is 977. The fraction of sp³-hybridized carbons (Fsp3) is 0.348. The first kappa shape index (κ1) is 20.5. The molecule has 3 atom stereocenters. The van der Waals surface area contributed by atoms with E-state index in [1.165, 1.54) is 17.3 Å². The molecule has 0 saturated carbocycles. The van der Waals surface area contributed by atoms with E-state index in [0.29, 0.717) is 0 Å². The van der Waals surface area contributed by atoms with Crippen molar-refractivity contribution in [1.82, 2.24) is 5.32 Å². The highest BCUT2D eigenvalue weighted by atomic mass is 32.2. The zero-order valence-corrected chi connectivity index (χ0v) is 17.5. The average molecular weight is 425 g/mol.